The van der Waals surface area contributed by atoms with E-state index in [1.54, 1.807) is 0 Å². The molecule has 0 fully saturated rings. The van der Waals surface area contributed by atoms with Crippen LogP contribution in [0.4, 0.5) is 0 Å². The summed E-state index contributed by atoms with van der Waals surface area (Å²) in [6.45, 7) is 3.67. The van der Waals surface area contributed by atoms with Gasteiger partial charge in [-0.15, -0.1) is 0 Å². The summed E-state index contributed by atoms with van der Waals surface area (Å²) in [5.41, 5.74) is 0.172. The van der Waals surface area contributed by atoms with Crippen LogP contribution in [0.3, 0.4) is 0 Å². The average Bonchev–Trinajstić information content (AvgIpc) is 2.43. The highest BCUT2D eigenvalue weighted by atomic mass is 17.2. The Morgan fingerprint density at radius 2 is 1.90 bits per heavy atom. The van der Waals surface area contributed by atoms with Gasteiger partial charge in [0.2, 0.25) is 0 Å². The summed E-state index contributed by atoms with van der Waals surface area (Å²) in [4.78, 5) is 21.5. The smallest absolute Gasteiger partial charge is 0.336 e. The maximum absolute atomic E-state index is 11.1. The van der Waals surface area contributed by atoms with Crippen molar-refractivity contribution in [3.63, 3.8) is 0 Å². The molecule has 0 aliphatic carbocycles. The third-order valence-electron chi connectivity index (χ3n) is 2.99. The lowest BCUT2D eigenvalue weighted by atomic mass is 9.99. The number of rotatable bonds is 9. The zero-order chi connectivity index (χ0) is 15.0. The number of carboxylic acid groups (broad SMARTS) is 1. The maximum Gasteiger partial charge on any atom is 0.336 e. The van der Waals surface area contributed by atoms with Crippen molar-refractivity contribution in [2.75, 3.05) is 6.61 Å². The molecule has 5 heteroatoms. The zero-order valence-corrected chi connectivity index (χ0v) is 11.9. The number of aliphatic carboxylic acids is 1. The Labute approximate surface area is 119 Å². The van der Waals surface area contributed by atoms with Crippen LogP contribution in [0.2, 0.25) is 0 Å². The summed E-state index contributed by atoms with van der Waals surface area (Å²) in [6, 6.07) is 9.46. The Morgan fingerprint density at radius 3 is 2.45 bits per heavy atom. The molecule has 0 radical (unpaired) electrons. The topological polar surface area (TPSA) is 76.0 Å². The van der Waals surface area contributed by atoms with E-state index in [1.807, 2.05) is 44.2 Å². The summed E-state index contributed by atoms with van der Waals surface area (Å²) in [5.74, 6) is -1.06. The summed E-state index contributed by atoms with van der Waals surface area (Å²) < 4.78 is 0. The lowest BCUT2D eigenvalue weighted by Gasteiger charge is -2.26. The number of unbranched alkanes of at least 4 members (excludes halogenated alkanes) is 1. The summed E-state index contributed by atoms with van der Waals surface area (Å²) in [7, 11) is 0. The molecule has 0 bridgehead atoms. The van der Waals surface area contributed by atoms with Gasteiger partial charge in [0.05, 0.1) is 0 Å². The second kappa shape index (κ2) is 7.99. The minimum absolute atomic E-state index is 0.0443. The van der Waals surface area contributed by atoms with Crippen LogP contribution in [0.5, 0.6) is 0 Å². The minimum Gasteiger partial charge on any atom is -0.479 e. The first-order chi connectivity index (χ1) is 9.47. The van der Waals surface area contributed by atoms with Crippen molar-refractivity contribution in [3.05, 3.63) is 35.9 Å². The first kappa shape index (κ1) is 16.6. The molecule has 0 heterocycles. The fraction of sp³-hybridized carbons (Fsp3) is 0.533. The van der Waals surface area contributed by atoms with Crippen molar-refractivity contribution in [2.24, 2.45) is 0 Å². The molecule has 0 spiro atoms. The van der Waals surface area contributed by atoms with E-state index in [1.165, 1.54) is 0 Å². The largest absolute Gasteiger partial charge is 0.479 e. The molecule has 0 amide bonds. The van der Waals surface area contributed by atoms with Gasteiger partial charge in [0.25, 0.3) is 0 Å². The first-order valence-corrected chi connectivity index (χ1v) is 6.71. The van der Waals surface area contributed by atoms with Gasteiger partial charge >= 0.3 is 5.97 Å². The van der Waals surface area contributed by atoms with Crippen LogP contribution >= 0.6 is 0 Å². The van der Waals surface area contributed by atoms with Gasteiger partial charge in [0, 0.05) is 6.61 Å². The SMILES string of the molecule is CC(C)(OOC(CCCCO)C(=O)O)c1ccccc1. The molecular formula is C15H22O5. The van der Waals surface area contributed by atoms with E-state index >= 15 is 0 Å². The first-order valence-electron chi connectivity index (χ1n) is 6.71. The standard InChI is InChI=1S/C15H22O5/c1-15(2,12-8-4-3-5-9-12)20-19-13(14(17)18)10-6-7-11-16/h3-5,8-9,13,16H,6-7,10-11H2,1-2H3,(H,17,18). The van der Waals surface area contributed by atoms with Crippen LogP contribution < -0.4 is 0 Å². The van der Waals surface area contributed by atoms with Crippen LogP contribution in [-0.4, -0.2) is 28.9 Å². The normalized spacial score (nSPS) is 13.2. The number of carboxylic acids is 1. The number of aliphatic hydroxyl groups is 1. The molecule has 0 aromatic heterocycles. The second-order valence-corrected chi connectivity index (χ2v) is 5.10. The Hall–Kier alpha value is -1.43. The van der Waals surface area contributed by atoms with Gasteiger partial charge in [-0.3, -0.25) is 0 Å². The fourth-order valence-electron chi connectivity index (χ4n) is 1.72. The van der Waals surface area contributed by atoms with Gasteiger partial charge in [-0.05, 0) is 38.7 Å². The quantitative estimate of drug-likeness (QED) is 0.413. The number of hydrogen-bond acceptors (Lipinski definition) is 4. The van der Waals surface area contributed by atoms with Crippen molar-refractivity contribution in [2.45, 2.75) is 44.8 Å². The van der Waals surface area contributed by atoms with Crippen LogP contribution in [0.15, 0.2) is 30.3 Å². The Morgan fingerprint density at radius 1 is 1.25 bits per heavy atom. The van der Waals surface area contributed by atoms with Crippen molar-refractivity contribution in [3.8, 4) is 0 Å². The van der Waals surface area contributed by atoms with E-state index in [0.717, 1.165) is 5.56 Å². The second-order valence-electron chi connectivity index (χ2n) is 5.10. The van der Waals surface area contributed by atoms with E-state index < -0.39 is 17.7 Å². The van der Waals surface area contributed by atoms with Gasteiger partial charge < -0.3 is 10.2 Å². The molecule has 20 heavy (non-hydrogen) atoms. The molecule has 0 aliphatic heterocycles. The van der Waals surface area contributed by atoms with E-state index in [0.29, 0.717) is 19.3 Å². The molecule has 1 atom stereocenters. The highest BCUT2D eigenvalue weighted by Crippen LogP contribution is 2.25. The summed E-state index contributed by atoms with van der Waals surface area (Å²) >= 11 is 0. The van der Waals surface area contributed by atoms with E-state index in [4.69, 9.17) is 20.0 Å². The van der Waals surface area contributed by atoms with Crippen LogP contribution in [0.1, 0.15) is 38.7 Å². The van der Waals surface area contributed by atoms with Gasteiger partial charge in [-0.2, -0.15) is 0 Å². The average molecular weight is 282 g/mol. The number of hydrogen-bond donors (Lipinski definition) is 2. The third kappa shape index (κ3) is 5.28. The lowest BCUT2D eigenvalue weighted by Crippen LogP contribution is -2.30. The highest BCUT2D eigenvalue weighted by molar-refractivity contribution is 5.72. The third-order valence-corrected chi connectivity index (χ3v) is 2.99. The molecule has 1 aromatic carbocycles. The van der Waals surface area contributed by atoms with Crippen molar-refractivity contribution in [1.29, 1.82) is 0 Å². The molecule has 1 aromatic rings. The lowest BCUT2D eigenvalue weighted by molar-refractivity contribution is -0.377. The molecule has 0 saturated heterocycles. The molecular weight excluding hydrogens is 260 g/mol. The van der Waals surface area contributed by atoms with Crippen LogP contribution in [0, 0.1) is 0 Å². The van der Waals surface area contributed by atoms with E-state index in [9.17, 15) is 4.79 Å². The Bertz CT molecular complexity index is 402. The Balaban J connectivity index is 2.55. The molecule has 0 saturated carbocycles. The van der Waals surface area contributed by atoms with Crippen molar-refractivity contribution < 1.29 is 24.8 Å². The van der Waals surface area contributed by atoms with E-state index in [-0.39, 0.29) is 6.61 Å². The zero-order valence-electron chi connectivity index (χ0n) is 11.9. The molecule has 2 N–H and O–H groups in total. The molecule has 1 rings (SSSR count). The number of carbonyl (C=O) groups is 1. The number of benzene rings is 1. The van der Waals surface area contributed by atoms with Crippen LogP contribution in [0.25, 0.3) is 0 Å². The van der Waals surface area contributed by atoms with Gasteiger partial charge in [-0.25, -0.2) is 14.6 Å². The van der Waals surface area contributed by atoms with Crippen molar-refractivity contribution in [1.82, 2.24) is 0 Å². The molecule has 112 valence electrons. The van der Waals surface area contributed by atoms with E-state index in [2.05, 4.69) is 0 Å². The van der Waals surface area contributed by atoms with Crippen LogP contribution in [-0.2, 0) is 20.2 Å². The minimum atomic E-state index is -1.06. The molecule has 5 nitrogen and oxygen atoms in total. The van der Waals surface area contributed by atoms with Gasteiger partial charge in [0.1, 0.15) is 5.60 Å². The van der Waals surface area contributed by atoms with Gasteiger partial charge in [-0.1, -0.05) is 30.3 Å². The highest BCUT2D eigenvalue weighted by Gasteiger charge is 2.27. The Kier molecular flexibility index (Phi) is 6.64. The molecule has 1 unspecified atom stereocenters. The molecule has 0 aliphatic rings. The predicted molar refractivity (Wildman–Crippen MR) is 74.0 cm³/mol. The summed E-state index contributed by atoms with van der Waals surface area (Å²) in [6.07, 6.45) is 0.406. The monoisotopic (exact) mass is 282 g/mol. The van der Waals surface area contributed by atoms with Crippen molar-refractivity contribution >= 4 is 5.97 Å². The maximum atomic E-state index is 11.1. The predicted octanol–water partition coefficient (Wildman–Crippen LogP) is 2.49. The van der Waals surface area contributed by atoms with Gasteiger partial charge in [0.15, 0.2) is 6.10 Å². The fourth-order valence-corrected chi connectivity index (χ4v) is 1.72. The summed E-state index contributed by atoms with van der Waals surface area (Å²) in [5, 5.41) is 17.8. The number of aliphatic hydroxyl groups excluding tert-OH is 1.